The smallest absolute Gasteiger partial charge is 0.416 e. The second kappa shape index (κ2) is 8.08. The molecule has 0 amide bonds. The van der Waals surface area contributed by atoms with Crippen molar-refractivity contribution >= 4 is 5.97 Å². The highest BCUT2D eigenvalue weighted by atomic mass is 19.4. The molecule has 7 nitrogen and oxygen atoms in total. The number of methoxy groups -OCH3 is 1. The van der Waals surface area contributed by atoms with Crippen LogP contribution in [0.3, 0.4) is 0 Å². The van der Waals surface area contributed by atoms with Crippen LogP contribution in [-0.2, 0) is 24.0 Å². The third-order valence-electron chi connectivity index (χ3n) is 4.12. The van der Waals surface area contributed by atoms with Crippen LogP contribution in [0.2, 0.25) is 0 Å². The summed E-state index contributed by atoms with van der Waals surface area (Å²) in [5, 5.41) is 3.76. The number of esters is 1. The zero-order valence-electron chi connectivity index (χ0n) is 15.9. The van der Waals surface area contributed by atoms with Crippen molar-refractivity contribution in [3.05, 3.63) is 58.9 Å². The van der Waals surface area contributed by atoms with Gasteiger partial charge in [-0.25, -0.2) is 4.79 Å². The maximum Gasteiger partial charge on any atom is 0.416 e. The Hall–Kier alpha value is -3.14. The highest BCUT2D eigenvalue weighted by Crippen LogP contribution is 2.31. The van der Waals surface area contributed by atoms with Crippen molar-refractivity contribution in [1.82, 2.24) is 15.0 Å². The Morgan fingerprint density at radius 3 is 2.69 bits per heavy atom. The van der Waals surface area contributed by atoms with Gasteiger partial charge >= 0.3 is 12.1 Å². The van der Waals surface area contributed by atoms with E-state index in [0.29, 0.717) is 23.6 Å². The van der Waals surface area contributed by atoms with Gasteiger partial charge in [0, 0.05) is 5.56 Å². The first kappa shape index (κ1) is 20.6. The van der Waals surface area contributed by atoms with Crippen molar-refractivity contribution in [3.63, 3.8) is 0 Å². The lowest BCUT2D eigenvalue weighted by atomic mass is 10.1. The Morgan fingerprint density at radius 2 is 2.00 bits per heavy atom. The number of benzene rings is 1. The van der Waals surface area contributed by atoms with E-state index in [1.807, 2.05) is 0 Å². The fourth-order valence-electron chi connectivity index (χ4n) is 2.76. The Balaban J connectivity index is 1.68. The highest BCUT2D eigenvalue weighted by molar-refractivity contribution is 5.90. The molecule has 0 fully saturated rings. The molecule has 0 saturated carbocycles. The van der Waals surface area contributed by atoms with Gasteiger partial charge in [0.05, 0.1) is 25.8 Å². The van der Waals surface area contributed by atoms with Gasteiger partial charge in [0.25, 0.3) is 0 Å². The van der Waals surface area contributed by atoms with E-state index in [2.05, 4.69) is 14.9 Å². The molecule has 0 aliphatic carbocycles. The van der Waals surface area contributed by atoms with Crippen LogP contribution in [0.4, 0.5) is 13.2 Å². The van der Waals surface area contributed by atoms with Gasteiger partial charge < -0.3 is 13.7 Å². The van der Waals surface area contributed by atoms with E-state index in [1.54, 1.807) is 24.9 Å². The number of furan rings is 1. The summed E-state index contributed by atoms with van der Waals surface area (Å²) in [6.07, 6.45) is -4.45. The average Bonchev–Trinajstić information content (AvgIpc) is 3.27. The molecule has 0 atom stereocenters. The topological polar surface area (TPSA) is 81.6 Å². The van der Waals surface area contributed by atoms with Crippen LogP contribution < -0.4 is 0 Å². The molecule has 0 unspecified atom stereocenters. The van der Waals surface area contributed by atoms with E-state index in [0.717, 1.165) is 12.1 Å². The van der Waals surface area contributed by atoms with E-state index < -0.39 is 17.7 Å². The number of nitrogens with zero attached hydrogens (tertiary/aromatic N) is 3. The summed E-state index contributed by atoms with van der Waals surface area (Å²) in [4.78, 5) is 17.6. The fourth-order valence-corrected chi connectivity index (χ4v) is 2.76. The van der Waals surface area contributed by atoms with Gasteiger partial charge in [-0.3, -0.25) is 4.90 Å². The Bertz CT molecular complexity index is 1010. The quantitative estimate of drug-likeness (QED) is 0.568. The minimum absolute atomic E-state index is 0.0707. The minimum Gasteiger partial charge on any atom is -0.465 e. The molecule has 0 N–H and O–H groups in total. The van der Waals surface area contributed by atoms with Gasteiger partial charge in [0.1, 0.15) is 17.1 Å². The lowest BCUT2D eigenvalue weighted by molar-refractivity contribution is -0.137. The molecule has 0 bridgehead atoms. The van der Waals surface area contributed by atoms with Crippen molar-refractivity contribution < 1.29 is 31.6 Å². The zero-order valence-corrected chi connectivity index (χ0v) is 15.9. The van der Waals surface area contributed by atoms with Gasteiger partial charge in [0.15, 0.2) is 0 Å². The summed E-state index contributed by atoms with van der Waals surface area (Å²) in [6, 6.07) is 6.32. The van der Waals surface area contributed by atoms with Crippen LogP contribution in [0.5, 0.6) is 0 Å². The van der Waals surface area contributed by atoms with Crippen LogP contribution in [0, 0.1) is 6.92 Å². The number of halogens is 3. The Kier molecular flexibility index (Phi) is 5.73. The molecule has 0 spiro atoms. The van der Waals surface area contributed by atoms with Gasteiger partial charge in [-0.05, 0) is 32.2 Å². The maximum absolute atomic E-state index is 12.9. The number of carbonyl (C=O) groups is 1. The summed E-state index contributed by atoms with van der Waals surface area (Å²) in [7, 11) is 3.06. The molecule has 0 saturated heterocycles. The van der Waals surface area contributed by atoms with Crippen molar-refractivity contribution in [2.75, 3.05) is 14.2 Å². The molecule has 0 radical (unpaired) electrons. The molecule has 10 heteroatoms. The summed E-state index contributed by atoms with van der Waals surface area (Å²) >= 11 is 0. The van der Waals surface area contributed by atoms with E-state index in [4.69, 9.17) is 8.94 Å². The first-order valence-corrected chi connectivity index (χ1v) is 8.53. The molecular formula is C19H18F3N3O4. The Morgan fingerprint density at radius 1 is 1.24 bits per heavy atom. The SMILES string of the molecule is COC(=O)c1cc(CN(C)Cc2nc(-c3cccc(C(F)(F)F)c3)no2)oc1C. The number of hydrogen-bond donors (Lipinski definition) is 0. The van der Waals surface area contributed by atoms with Gasteiger partial charge in [-0.2, -0.15) is 18.2 Å². The van der Waals surface area contributed by atoms with Crippen LogP contribution in [-0.4, -0.2) is 35.2 Å². The van der Waals surface area contributed by atoms with E-state index in [1.165, 1.54) is 19.2 Å². The standard InChI is InChI=1S/C19H18F3N3O4/c1-11-15(18(26)27-3)8-14(28-11)9-25(2)10-16-23-17(24-29-16)12-5-4-6-13(7-12)19(20,21)22/h4-8H,9-10H2,1-3H3. The Labute approximate surface area is 164 Å². The van der Waals surface area contributed by atoms with Gasteiger partial charge in [-0.15, -0.1) is 0 Å². The number of hydrogen-bond acceptors (Lipinski definition) is 7. The number of aromatic nitrogens is 2. The summed E-state index contributed by atoms with van der Waals surface area (Å²) < 4.78 is 54.0. The molecule has 29 heavy (non-hydrogen) atoms. The largest absolute Gasteiger partial charge is 0.465 e. The summed E-state index contributed by atoms with van der Waals surface area (Å²) in [6.45, 7) is 2.24. The molecule has 3 rings (SSSR count). The number of rotatable bonds is 6. The number of carbonyl (C=O) groups excluding carboxylic acids is 1. The van der Waals surface area contributed by atoms with Crippen LogP contribution in [0.15, 0.2) is 39.3 Å². The second-order valence-corrected chi connectivity index (χ2v) is 6.44. The fraction of sp³-hybridized carbons (Fsp3) is 0.316. The molecule has 154 valence electrons. The highest BCUT2D eigenvalue weighted by Gasteiger charge is 2.30. The van der Waals surface area contributed by atoms with Crippen molar-refractivity contribution in [1.29, 1.82) is 0 Å². The lowest BCUT2D eigenvalue weighted by Gasteiger charge is -2.11. The normalized spacial score (nSPS) is 11.8. The second-order valence-electron chi connectivity index (χ2n) is 6.44. The first-order chi connectivity index (χ1) is 13.7. The minimum atomic E-state index is -4.45. The van der Waals surface area contributed by atoms with Crippen LogP contribution in [0.1, 0.15) is 33.3 Å². The number of aryl methyl sites for hydroxylation is 1. The van der Waals surface area contributed by atoms with Crippen molar-refractivity contribution in [2.24, 2.45) is 0 Å². The number of ether oxygens (including phenoxy) is 1. The van der Waals surface area contributed by atoms with E-state index in [9.17, 15) is 18.0 Å². The predicted molar refractivity (Wildman–Crippen MR) is 94.7 cm³/mol. The summed E-state index contributed by atoms with van der Waals surface area (Å²) in [5.41, 5.74) is -0.226. The van der Waals surface area contributed by atoms with Crippen molar-refractivity contribution in [2.45, 2.75) is 26.2 Å². The summed E-state index contributed by atoms with van der Waals surface area (Å²) in [5.74, 6) is 0.813. The predicted octanol–water partition coefficient (Wildman–Crippen LogP) is 4.08. The van der Waals surface area contributed by atoms with Crippen molar-refractivity contribution in [3.8, 4) is 11.4 Å². The van der Waals surface area contributed by atoms with E-state index in [-0.39, 0.29) is 23.8 Å². The monoisotopic (exact) mass is 409 g/mol. The molecule has 0 aliphatic heterocycles. The average molecular weight is 409 g/mol. The number of alkyl halides is 3. The third-order valence-corrected chi connectivity index (χ3v) is 4.12. The van der Waals surface area contributed by atoms with Crippen LogP contribution in [0.25, 0.3) is 11.4 Å². The van der Waals surface area contributed by atoms with Gasteiger partial charge in [0.2, 0.25) is 11.7 Å². The molecular weight excluding hydrogens is 391 g/mol. The van der Waals surface area contributed by atoms with E-state index >= 15 is 0 Å². The zero-order chi connectivity index (χ0) is 21.2. The van der Waals surface area contributed by atoms with Gasteiger partial charge in [-0.1, -0.05) is 17.3 Å². The van der Waals surface area contributed by atoms with Crippen LogP contribution >= 0.6 is 0 Å². The maximum atomic E-state index is 12.9. The molecule has 2 heterocycles. The molecule has 1 aromatic carbocycles. The first-order valence-electron chi connectivity index (χ1n) is 8.53. The third kappa shape index (κ3) is 4.83. The molecule has 2 aromatic heterocycles. The molecule has 0 aliphatic rings. The lowest BCUT2D eigenvalue weighted by Crippen LogP contribution is -2.17. The molecule has 3 aromatic rings.